The van der Waals surface area contributed by atoms with Crippen molar-refractivity contribution >= 4 is 6.09 Å². The first-order chi connectivity index (χ1) is 6.94. The van der Waals surface area contributed by atoms with Crippen molar-refractivity contribution in [1.82, 2.24) is 10.2 Å². The Balaban J connectivity index is 2.60. The number of hydrogen-bond donors (Lipinski definition) is 1. The molecule has 0 unspecified atom stereocenters. The molecule has 1 aliphatic rings. The zero-order valence-electron chi connectivity index (χ0n) is 9.75. The minimum Gasteiger partial charge on any atom is -0.444 e. The number of rotatable bonds is 1. The van der Waals surface area contributed by atoms with Crippen LogP contribution in [-0.4, -0.2) is 42.3 Å². The summed E-state index contributed by atoms with van der Waals surface area (Å²) in [5, 5.41) is 3.21. The van der Waals surface area contributed by atoms with E-state index >= 15 is 0 Å². The molecule has 0 aromatic rings. The van der Waals surface area contributed by atoms with Gasteiger partial charge in [-0.3, -0.25) is 4.90 Å². The molecule has 1 N–H and O–H groups in total. The van der Waals surface area contributed by atoms with Gasteiger partial charge in [-0.15, -0.1) is 6.58 Å². The summed E-state index contributed by atoms with van der Waals surface area (Å²) in [5.74, 6) is 0. The van der Waals surface area contributed by atoms with Crippen molar-refractivity contribution < 1.29 is 9.53 Å². The summed E-state index contributed by atoms with van der Waals surface area (Å²) in [6.45, 7) is 11.6. The van der Waals surface area contributed by atoms with Gasteiger partial charge < -0.3 is 10.1 Å². The molecule has 4 heteroatoms. The third-order valence-corrected chi connectivity index (χ3v) is 2.18. The van der Waals surface area contributed by atoms with E-state index in [1.54, 1.807) is 11.0 Å². The van der Waals surface area contributed by atoms with Crippen LogP contribution in [0, 0.1) is 0 Å². The van der Waals surface area contributed by atoms with Crippen LogP contribution < -0.4 is 5.32 Å². The molecule has 0 aromatic carbocycles. The summed E-state index contributed by atoms with van der Waals surface area (Å²) >= 11 is 0. The van der Waals surface area contributed by atoms with Crippen LogP contribution in [0.15, 0.2) is 12.7 Å². The van der Waals surface area contributed by atoms with Crippen molar-refractivity contribution in [3.8, 4) is 0 Å². The summed E-state index contributed by atoms with van der Waals surface area (Å²) in [6.07, 6.45) is 1.52. The Labute approximate surface area is 91.3 Å². The monoisotopic (exact) mass is 212 g/mol. The van der Waals surface area contributed by atoms with Crippen molar-refractivity contribution in [2.75, 3.05) is 19.6 Å². The summed E-state index contributed by atoms with van der Waals surface area (Å²) in [6, 6.07) is 0.0357. The second-order valence-corrected chi connectivity index (χ2v) is 4.68. The number of carbonyl (C=O) groups is 1. The van der Waals surface area contributed by atoms with Gasteiger partial charge >= 0.3 is 6.09 Å². The predicted molar refractivity (Wildman–Crippen MR) is 59.8 cm³/mol. The highest BCUT2D eigenvalue weighted by Crippen LogP contribution is 2.13. The highest BCUT2D eigenvalue weighted by atomic mass is 16.6. The van der Waals surface area contributed by atoms with Gasteiger partial charge in [0, 0.05) is 19.6 Å². The Morgan fingerprint density at radius 2 is 2.27 bits per heavy atom. The third-order valence-electron chi connectivity index (χ3n) is 2.18. The number of amides is 1. The van der Waals surface area contributed by atoms with Gasteiger partial charge in [0.25, 0.3) is 0 Å². The molecule has 86 valence electrons. The Morgan fingerprint density at radius 1 is 1.60 bits per heavy atom. The van der Waals surface area contributed by atoms with Crippen LogP contribution in [0.2, 0.25) is 0 Å². The third kappa shape index (κ3) is 3.55. The molecular formula is C11H20N2O2. The van der Waals surface area contributed by atoms with E-state index in [1.807, 2.05) is 20.8 Å². The van der Waals surface area contributed by atoms with E-state index < -0.39 is 5.60 Å². The smallest absolute Gasteiger partial charge is 0.410 e. The molecule has 0 aromatic heterocycles. The van der Waals surface area contributed by atoms with Gasteiger partial charge in [0.1, 0.15) is 5.60 Å². The summed E-state index contributed by atoms with van der Waals surface area (Å²) in [5.41, 5.74) is -0.437. The molecule has 1 fully saturated rings. The average Bonchev–Trinajstić information content (AvgIpc) is 2.15. The number of hydrogen-bond acceptors (Lipinski definition) is 3. The molecule has 0 saturated carbocycles. The molecule has 1 aliphatic heterocycles. The largest absolute Gasteiger partial charge is 0.444 e. The maximum atomic E-state index is 11.8. The van der Waals surface area contributed by atoms with Crippen LogP contribution in [0.1, 0.15) is 20.8 Å². The van der Waals surface area contributed by atoms with Crippen LogP contribution in [-0.2, 0) is 4.74 Å². The first-order valence-corrected chi connectivity index (χ1v) is 5.27. The Morgan fingerprint density at radius 3 is 2.80 bits per heavy atom. The summed E-state index contributed by atoms with van der Waals surface area (Å²) in [7, 11) is 0. The van der Waals surface area contributed by atoms with Crippen molar-refractivity contribution in [1.29, 1.82) is 0 Å². The van der Waals surface area contributed by atoms with Gasteiger partial charge in [-0.05, 0) is 20.8 Å². The molecule has 1 rings (SSSR count). The number of nitrogens with zero attached hydrogens (tertiary/aromatic N) is 1. The van der Waals surface area contributed by atoms with Crippen molar-refractivity contribution in [3.63, 3.8) is 0 Å². The van der Waals surface area contributed by atoms with Crippen molar-refractivity contribution in [2.45, 2.75) is 32.4 Å². The van der Waals surface area contributed by atoms with E-state index in [-0.39, 0.29) is 12.1 Å². The van der Waals surface area contributed by atoms with Gasteiger partial charge in [-0.25, -0.2) is 4.79 Å². The maximum absolute atomic E-state index is 11.8. The van der Waals surface area contributed by atoms with Crippen molar-refractivity contribution in [3.05, 3.63) is 12.7 Å². The molecule has 0 radical (unpaired) electrons. The van der Waals surface area contributed by atoms with E-state index in [1.165, 1.54) is 0 Å². The first-order valence-electron chi connectivity index (χ1n) is 5.27. The zero-order valence-corrected chi connectivity index (χ0v) is 9.75. The van der Waals surface area contributed by atoms with Gasteiger partial charge in [-0.1, -0.05) is 6.08 Å². The first kappa shape index (κ1) is 12.0. The van der Waals surface area contributed by atoms with Crippen LogP contribution in [0.4, 0.5) is 4.79 Å². The minimum atomic E-state index is -0.437. The SMILES string of the molecule is C=C[C@@H]1CNCCN1C(=O)OC(C)(C)C. The second kappa shape index (κ2) is 4.66. The van der Waals surface area contributed by atoms with Crippen molar-refractivity contribution in [2.24, 2.45) is 0 Å². The topological polar surface area (TPSA) is 41.6 Å². The average molecular weight is 212 g/mol. The fourth-order valence-electron chi connectivity index (χ4n) is 1.48. The standard InChI is InChI=1S/C11H20N2O2/c1-5-9-8-12-6-7-13(9)10(14)15-11(2,3)4/h5,9,12H,1,6-8H2,2-4H3/t9-/m1/s1. The Hall–Kier alpha value is -1.03. The number of piperazine rings is 1. The molecule has 15 heavy (non-hydrogen) atoms. The molecule has 0 spiro atoms. The lowest BCUT2D eigenvalue weighted by atomic mass is 10.2. The molecule has 1 heterocycles. The van der Waals surface area contributed by atoms with E-state index in [2.05, 4.69) is 11.9 Å². The van der Waals surface area contributed by atoms with Crippen LogP contribution in [0.3, 0.4) is 0 Å². The number of ether oxygens (including phenoxy) is 1. The second-order valence-electron chi connectivity index (χ2n) is 4.68. The molecule has 0 aliphatic carbocycles. The lowest BCUT2D eigenvalue weighted by Crippen LogP contribution is -2.53. The van der Waals surface area contributed by atoms with Crippen LogP contribution in [0.25, 0.3) is 0 Å². The zero-order chi connectivity index (χ0) is 11.5. The summed E-state index contributed by atoms with van der Waals surface area (Å²) < 4.78 is 5.32. The Kier molecular flexibility index (Phi) is 3.74. The quantitative estimate of drug-likeness (QED) is 0.668. The lowest BCUT2D eigenvalue weighted by molar-refractivity contribution is 0.0168. The number of carbonyl (C=O) groups excluding carboxylic acids is 1. The Bertz CT molecular complexity index is 245. The molecule has 1 amide bonds. The van der Waals surface area contributed by atoms with Gasteiger partial charge in [0.15, 0.2) is 0 Å². The molecule has 1 atom stereocenters. The van der Waals surface area contributed by atoms with Crippen LogP contribution >= 0.6 is 0 Å². The van der Waals surface area contributed by atoms with E-state index in [9.17, 15) is 4.79 Å². The minimum absolute atomic E-state index is 0.0357. The summed E-state index contributed by atoms with van der Waals surface area (Å²) in [4.78, 5) is 13.5. The fraction of sp³-hybridized carbons (Fsp3) is 0.727. The lowest BCUT2D eigenvalue weighted by Gasteiger charge is -2.35. The molecule has 0 bridgehead atoms. The molecular weight excluding hydrogens is 192 g/mol. The maximum Gasteiger partial charge on any atom is 0.410 e. The van der Waals surface area contributed by atoms with E-state index in [0.717, 1.165) is 13.1 Å². The molecule has 4 nitrogen and oxygen atoms in total. The fourth-order valence-corrected chi connectivity index (χ4v) is 1.48. The van der Waals surface area contributed by atoms with Gasteiger partial charge in [0.05, 0.1) is 6.04 Å². The van der Waals surface area contributed by atoms with Crippen LogP contribution in [0.5, 0.6) is 0 Å². The normalized spacial score (nSPS) is 22.3. The highest BCUT2D eigenvalue weighted by Gasteiger charge is 2.28. The van der Waals surface area contributed by atoms with Gasteiger partial charge in [0.2, 0.25) is 0 Å². The van der Waals surface area contributed by atoms with E-state index in [4.69, 9.17) is 4.74 Å². The van der Waals surface area contributed by atoms with E-state index in [0.29, 0.717) is 6.54 Å². The predicted octanol–water partition coefficient (Wildman–Crippen LogP) is 1.38. The highest BCUT2D eigenvalue weighted by molar-refractivity contribution is 5.69. The number of nitrogens with one attached hydrogen (secondary N) is 1. The van der Waals surface area contributed by atoms with Gasteiger partial charge in [-0.2, -0.15) is 0 Å². The molecule has 1 saturated heterocycles.